The number of ether oxygens (including phenoxy) is 1. The first-order valence-corrected chi connectivity index (χ1v) is 9.33. The Morgan fingerprint density at radius 3 is 2.59 bits per heavy atom. The summed E-state index contributed by atoms with van der Waals surface area (Å²) in [4.78, 5) is 28.5. The third-order valence-electron chi connectivity index (χ3n) is 3.68. The fourth-order valence-electron chi connectivity index (χ4n) is 2.21. The van der Waals surface area contributed by atoms with Crippen molar-refractivity contribution in [3.8, 4) is 5.75 Å². The zero-order valence-corrected chi connectivity index (χ0v) is 16.2. The lowest BCUT2D eigenvalue weighted by molar-refractivity contribution is -0.123. The highest BCUT2D eigenvalue weighted by atomic mass is 32.1. The van der Waals surface area contributed by atoms with Crippen molar-refractivity contribution in [2.24, 2.45) is 5.41 Å². The molecule has 0 radical (unpaired) electrons. The smallest absolute Gasteiger partial charge is 0.264 e. The number of rotatable bonds is 5. The van der Waals surface area contributed by atoms with E-state index in [9.17, 15) is 9.59 Å². The molecule has 0 unspecified atom stereocenters. The van der Waals surface area contributed by atoms with E-state index in [2.05, 4.69) is 15.6 Å². The highest BCUT2D eigenvalue weighted by molar-refractivity contribution is 7.22. The number of aromatic nitrogens is 1. The van der Waals surface area contributed by atoms with Gasteiger partial charge in [0.25, 0.3) is 5.91 Å². The number of nitrogens with zero attached hydrogens (tertiary/aromatic N) is 1. The van der Waals surface area contributed by atoms with Crippen LogP contribution >= 0.6 is 11.3 Å². The first-order chi connectivity index (χ1) is 12.8. The maximum Gasteiger partial charge on any atom is 0.264 e. The van der Waals surface area contributed by atoms with Gasteiger partial charge in [0.15, 0.2) is 11.7 Å². The molecule has 1 heterocycles. The van der Waals surface area contributed by atoms with Crippen molar-refractivity contribution in [3.05, 3.63) is 48.5 Å². The summed E-state index contributed by atoms with van der Waals surface area (Å²) in [6.07, 6.45) is 0. The fourth-order valence-corrected chi connectivity index (χ4v) is 3.09. The molecule has 3 rings (SSSR count). The van der Waals surface area contributed by atoms with Gasteiger partial charge in [-0.1, -0.05) is 50.3 Å². The van der Waals surface area contributed by atoms with Crippen LogP contribution in [0.2, 0.25) is 0 Å². The molecule has 2 aromatic carbocycles. The Morgan fingerprint density at radius 1 is 1.07 bits per heavy atom. The van der Waals surface area contributed by atoms with Crippen molar-refractivity contribution in [3.63, 3.8) is 0 Å². The average molecular weight is 383 g/mol. The number of fused-ring (bicyclic) bond motifs is 1. The molecule has 140 valence electrons. The van der Waals surface area contributed by atoms with Crippen LogP contribution in [0.25, 0.3) is 10.2 Å². The number of carbonyl (C=O) groups excluding carboxylic acids is 2. The van der Waals surface area contributed by atoms with Crippen LogP contribution in [-0.4, -0.2) is 23.4 Å². The van der Waals surface area contributed by atoms with Crippen LogP contribution < -0.4 is 15.4 Å². The first kappa shape index (κ1) is 18.8. The van der Waals surface area contributed by atoms with E-state index in [4.69, 9.17) is 4.74 Å². The Labute approximate surface area is 161 Å². The molecule has 0 saturated carbocycles. The molecule has 0 bridgehead atoms. The number of hydrogen-bond acceptors (Lipinski definition) is 5. The summed E-state index contributed by atoms with van der Waals surface area (Å²) in [5.74, 6) is 0.118. The summed E-state index contributed by atoms with van der Waals surface area (Å²) in [5.41, 5.74) is 0.980. The first-order valence-electron chi connectivity index (χ1n) is 8.51. The molecule has 0 aliphatic rings. The zero-order valence-electron chi connectivity index (χ0n) is 15.4. The number of benzene rings is 2. The summed E-state index contributed by atoms with van der Waals surface area (Å²) in [7, 11) is 0. The maximum absolute atomic E-state index is 12.1. The average Bonchev–Trinajstić information content (AvgIpc) is 3.01. The number of thiazole rings is 1. The molecule has 6 nitrogen and oxygen atoms in total. The Kier molecular flexibility index (Phi) is 5.41. The third-order valence-corrected chi connectivity index (χ3v) is 4.64. The minimum absolute atomic E-state index is 0.0896. The fraction of sp³-hybridized carbons (Fsp3) is 0.250. The molecule has 1 aromatic heterocycles. The van der Waals surface area contributed by atoms with E-state index >= 15 is 0 Å². The number of nitrogens with one attached hydrogen (secondary N) is 2. The lowest BCUT2D eigenvalue weighted by Gasteiger charge is -2.18. The monoisotopic (exact) mass is 383 g/mol. The largest absolute Gasteiger partial charge is 0.484 e. The number of carbonyl (C=O) groups is 2. The normalized spacial score (nSPS) is 11.2. The van der Waals surface area contributed by atoms with Gasteiger partial charge < -0.3 is 10.1 Å². The van der Waals surface area contributed by atoms with Gasteiger partial charge in [0.05, 0.1) is 10.2 Å². The van der Waals surface area contributed by atoms with E-state index in [1.54, 1.807) is 24.3 Å². The second kappa shape index (κ2) is 7.75. The van der Waals surface area contributed by atoms with Crippen molar-refractivity contribution in [1.29, 1.82) is 0 Å². The van der Waals surface area contributed by atoms with Crippen molar-refractivity contribution in [2.75, 3.05) is 17.2 Å². The minimum Gasteiger partial charge on any atom is -0.484 e. The van der Waals surface area contributed by atoms with Gasteiger partial charge in [-0.15, -0.1) is 0 Å². The standard InChI is InChI=1S/C20H21N3O3S/c1-20(2,3)18(25)21-13-7-6-8-14(11-13)26-12-17(24)23-19-22-15-9-4-5-10-16(15)27-19/h4-11H,12H2,1-3H3,(H,21,25)(H,22,23,24). The second-order valence-electron chi connectivity index (χ2n) is 7.06. The van der Waals surface area contributed by atoms with E-state index in [1.165, 1.54) is 11.3 Å². The molecule has 3 aromatic rings. The Balaban J connectivity index is 1.57. The van der Waals surface area contributed by atoms with Gasteiger partial charge in [-0.3, -0.25) is 14.9 Å². The summed E-state index contributed by atoms with van der Waals surface area (Å²) in [6.45, 7) is 5.38. The van der Waals surface area contributed by atoms with Gasteiger partial charge in [0.1, 0.15) is 5.75 Å². The molecule has 2 N–H and O–H groups in total. The molecular weight excluding hydrogens is 362 g/mol. The molecule has 0 aliphatic heterocycles. The van der Waals surface area contributed by atoms with Gasteiger partial charge in [-0.05, 0) is 24.3 Å². The molecule has 0 atom stereocenters. The van der Waals surface area contributed by atoms with Crippen LogP contribution in [0, 0.1) is 5.41 Å². The van der Waals surface area contributed by atoms with Crippen LogP contribution in [-0.2, 0) is 9.59 Å². The highest BCUT2D eigenvalue weighted by Crippen LogP contribution is 2.25. The maximum atomic E-state index is 12.1. The SMILES string of the molecule is CC(C)(C)C(=O)Nc1cccc(OCC(=O)Nc2nc3ccccc3s2)c1. The van der Waals surface area contributed by atoms with Gasteiger partial charge >= 0.3 is 0 Å². The third kappa shape index (κ3) is 5.04. The van der Waals surface area contributed by atoms with Gasteiger partial charge in [0, 0.05) is 17.2 Å². The molecule has 0 saturated heterocycles. The van der Waals surface area contributed by atoms with Crippen LogP contribution in [0.4, 0.5) is 10.8 Å². The van der Waals surface area contributed by atoms with Crippen LogP contribution in [0.5, 0.6) is 5.75 Å². The number of hydrogen-bond donors (Lipinski definition) is 2. The van der Waals surface area contributed by atoms with Gasteiger partial charge in [-0.2, -0.15) is 0 Å². The quantitative estimate of drug-likeness (QED) is 0.688. The van der Waals surface area contributed by atoms with E-state index < -0.39 is 5.41 Å². The molecule has 0 fully saturated rings. The second-order valence-corrected chi connectivity index (χ2v) is 8.09. The van der Waals surface area contributed by atoms with E-state index in [1.807, 2.05) is 45.0 Å². The lowest BCUT2D eigenvalue weighted by Crippen LogP contribution is -2.27. The Hall–Kier alpha value is -2.93. The van der Waals surface area contributed by atoms with Crippen molar-refractivity contribution in [1.82, 2.24) is 4.98 Å². The molecule has 27 heavy (non-hydrogen) atoms. The molecule has 2 amide bonds. The van der Waals surface area contributed by atoms with Crippen LogP contribution in [0.15, 0.2) is 48.5 Å². The van der Waals surface area contributed by atoms with Crippen molar-refractivity contribution in [2.45, 2.75) is 20.8 Å². The van der Waals surface area contributed by atoms with Crippen LogP contribution in [0.1, 0.15) is 20.8 Å². The van der Waals surface area contributed by atoms with E-state index in [-0.39, 0.29) is 18.4 Å². The van der Waals surface area contributed by atoms with Crippen molar-refractivity contribution < 1.29 is 14.3 Å². The molecule has 7 heteroatoms. The Morgan fingerprint density at radius 2 is 1.85 bits per heavy atom. The van der Waals surface area contributed by atoms with Crippen molar-refractivity contribution >= 4 is 44.2 Å². The van der Waals surface area contributed by atoms with E-state index in [0.717, 1.165) is 10.2 Å². The minimum atomic E-state index is -0.492. The predicted octanol–water partition coefficient (Wildman–Crippen LogP) is 4.30. The summed E-state index contributed by atoms with van der Waals surface area (Å²) >= 11 is 1.41. The zero-order chi connectivity index (χ0) is 19.4. The van der Waals surface area contributed by atoms with E-state index in [0.29, 0.717) is 16.6 Å². The number of anilines is 2. The number of para-hydroxylation sites is 1. The van der Waals surface area contributed by atoms with Crippen LogP contribution in [0.3, 0.4) is 0 Å². The molecule has 0 spiro atoms. The number of amides is 2. The summed E-state index contributed by atoms with van der Waals surface area (Å²) < 4.78 is 6.55. The molecular formula is C20H21N3O3S. The summed E-state index contributed by atoms with van der Waals surface area (Å²) in [6, 6.07) is 14.7. The van der Waals surface area contributed by atoms with Gasteiger partial charge in [0.2, 0.25) is 5.91 Å². The predicted molar refractivity (Wildman–Crippen MR) is 108 cm³/mol. The molecule has 0 aliphatic carbocycles. The van der Waals surface area contributed by atoms with Gasteiger partial charge in [-0.25, -0.2) is 4.98 Å². The lowest BCUT2D eigenvalue weighted by atomic mass is 9.95. The summed E-state index contributed by atoms with van der Waals surface area (Å²) in [5, 5.41) is 6.12. The highest BCUT2D eigenvalue weighted by Gasteiger charge is 2.21. The topological polar surface area (TPSA) is 80.3 Å². The Bertz CT molecular complexity index is 943.